The first-order valence-corrected chi connectivity index (χ1v) is 5.78. The van der Waals surface area contributed by atoms with E-state index in [1.165, 1.54) is 22.1 Å². The normalized spacial score (nSPS) is 11.2. The topological polar surface area (TPSA) is 25.8 Å². The second-order valence-electron chi connectivity index (χ2n) is 4.61. The predicted octanol–water partition coefficient (Wildman–Crippen LogP) is 3.71. The molecule has 0 amide bonds. The van der Waals surface area contributed by atoms with Crippen molar-refractivity contribution in [3.05, 3.63) is 47.3 Å². The molecule has 0 saturated heterocycles. The molecule has 0 N–H and O–H groups in total. The maximum atomic E-state index is 4.54. The highest BCUT2D eigenvalue weighted by Gasteiger charge is 2.06. The van der Waals surface area contributed by atoms with E-state index in [0.717, 1.165) is 16.4 Å². The lowest BCUT2D eigenvalue weighted by Crippen LogP contribution is -1.91. The Hall–Kier alpha value is -1.96. The molecule has 3 rings (SSSR count). The fourth-order valence-corrected chi connectivity index (χ4v) is 2.20. The van der Waals surface area contributed by atoms with Crippen molar-refractivity contribution in [3.8, 4) is 0 Å². The number of hydrogen-bond donors (Lipinski definition) is 0. The van der Waals surface area contributed by atoms with Crippen LogP contribution in [0.1, 0.15) is 16.7 Å². The lowest BCUT2D eigenvalue weighted by atomic mass is 10.0. The van der Waals surface area contributed by atoms with E-state index < -0.39 is 0 Å². The minimum absolute atomic E-state index is 0.996. The number of benzene rings is 1. The zero-order valence-electron chi connectivity index (χ0n) is 10.3. The fourth-order valence-electron chi connectivity index (χ4n) is 2.20. The lowest BCUT2D eigenvalue weighted by molar-refractivity contribution is 1.27. The molecule has 84 valence electrons. The molecular weight excluding hydrogens is 208 g/mol. The summed E-state index contributed by atoms with van der Waals surface area (Å²) in [6.07, 6.45) is 3.83. The third-order valence-corrected chi connectivity index (χ3v) is 3.35. The van der Waals surface area contributed by atoms with E-state index in [2.05, 4.69) is 48.9 Å². The molecule has 0 aliphatic heterocycles. The molecule has 0 saturated carbocycles. The smallest absolute Gasteiger partial charge is 0.0967 e. The van der Waals surface area contributed by atoms with Crippen LogP contribution in [0.3, 0.4) is 0 Å². The summed E-state index contributed by atoms with van der Waals surface area (Å²) < 4.78 is 0. The molecule has 0 atom stereocenters. The maximum absolute atomic E-state index is 4.54. The molecule has 0 radical (unpaired) electrons. The fraction of sp³-hybridized carbons (Fsp3) is 0.200. The summed E-state index contributed by atoms with van der Waals surface area (Å²) in [5.41, 5.74) is 5.70. The van der Waals surface area contributed by atoms with Gasteiger partial charge < -0.3 is 0 Å². The zero-order valence-corrected chi connectivity index (χ0v) is 10.3. The molecule has 0 fully saturated rings. The van der Waals surface area contributed by atoms with Gasteiger partial charge in [-0.1, -0.05) is 12.1 Å². The number of fused-ring (bicyclic) bond motifs is 3. The van der Waals surface area contributed by atoms with Gasteiger partial charge in [0, 0.05) is 23.2 Å². The predicted molar refractivity (Wildman–Crippen MR) is 71.3 cm³/mol. The van der Waals surface area contributed by atoms with E-state index in [9.17, 15) is 0 Å². The Bertz CT molecular complexity index is 730. The molecule has 2 heterocycles. The Morgan fingerprint density at radius 3 is 2.47 bits per heavy atom. The van der Waals surface area contributed by atoms with Crippen LogP contribution in [-0.4, -0.2) is 9.97 Å². The van der Waals surface area contributed by atoms with Gasteiger partial charge in [0.25, 0.3) is 0 Å². The van der Waals surface area contributed by atoms with Gasteiger partial charge in [-0.3, -0.25) is 9.97 Å². The molecule has 1 aromatic carbocycles. The highest BCUT2D eigenvalue weighted by atomic mass is 14.7. The van der Waals surface area contributed by atoms with Crippen LogP contribution in [0.2, 0.25) is 0 Å². The molecule has 0 aliphatic rings. The summed E-state index contributed by atoms with van der Waals surface area (Å²) in [6.45, 7) is 6.29. The van der Waals surface area contributed by atoms with Crippen molar-refractivity contribution < 1.29 is 0 Å². The Morgan fingerprint density at radius 1 is 0.882 bits per heavy atom. The Kier molecular flexibility index (Phi) is 2.11. The zero-order chi connectivity index (χ0) is 12.0. The number of nitrogens with zero attached hydrogens (tertiary/aromatic N) is 2. The van der Waals surface area contributed by atoms with E-state index >= 15 is 0 Å². The molecule has 0 bridgehead atoms. The Morgan fingerprint density at radius 2 is 1.65 bits per heavy atom. The first-order chi connectivity index (χ1) is 8.16. The summed E-state index contributed by atoms with van der Waals surface area (Å²) in [5.74, 6) is 0. The van der Waals surface area contributed by atoms with Crippen molar-refractivity contribution >= 4 is 21.8 Å². The van der Waals surface area contributed by atoms with Crippen LogP contribution >= 0.6 is 0 Å². The van der Waals surface area contributed by atoms with Crippen molar-refractivity contribution in [1.29, 1.82) is 0 Å². The SMILES string of the molecule is Cc1cnc2c(ccc3c(C)c(C)cnc32)c1. The molecule has 3 aromatic rings. The van der Waals surface area contributed by atoms with E-state index in [1.807, 2.05) is 12.4 Å². The molecule has 0 aliphatic carbocycles. The van der Waals surface area contributed by atoms with Crippen LogP contribution < -0.4 is 0 Å². The molecule has 0 spiro atoms. The lowest BCUT2D eigenvalue weighted by Gasteiger charge is -2.07. The highest BCUT2D eigenvalue weighted by Crippen LogP contribution is 2.26. The average molecular weight is 222 g/mol. The van der Waals surface area contributed by atoms with Crippen LogP contribution in [0, 0.1) is 20.8 Å². The largest absolute Gasteiger partial charge is 0.254 e. The number of hydrogen-bond acceptors (Lipinski definition) is 2. The first-order valence-electron chi connectivity index (χ1n) is 5.78. The van der Waals surface area contributed by atoms with Crippen LogP contribution in [0.15, 0.2) is 30.6 Å². The molecule has 17 heavy (non-hydrogen) atoms. The van der Waals surface area contributed by atoms with E-state index in [-0.39, 0.29) is 0 Å². The van der Waals surface area contributed by atoms with E-state index in [1.54, 1.807) is 0 Å². The first kappa shape index (κ1) is 10.2. The van der Waals surface area contributed by atoms with Crippen LogP contribution in [0.4, 0.5) is 0 Å². The quantitative estimate of drug-likeness (QED) is 0.542. The van der Waals surface area contributed by atoms with Gasteiger partial charge in [-0.05, 0) is 43.5 Å². The van der Waals surface area contributed by atoms with Gasteiger partial charge in [0.1, 0.15) is 0 Å². The van der Waals surface area contributed by atoms with Crippen LogP contribution in [0.25, 0.3) is 21.8 Å². The molecule has 2 nitrogen and oxygen atoms in total. The number of pyridine rings is 2. The third kappa shape index (κ3) is 1.48. The minimum Gasteiger partial charge on any atom is -0.254 e. The van der Waals surface area contributed by atoms with Crippen LogP contribution in [-0.2, 0) is 0 Å². The summed E-state index contributed by atoms with van der Waals surface area (Å²) >= 11 is 0. The molecule has 2 aromatic heterocycles. The van der Waals surface area contributed by atoms with Gasteiger partial charge in [0.05, 0.1) is 11.0 Å². The molecular formula is C15H14N2. The van der Waals surface area contributed by atoms with E-state index in [0.29, 0.717) is 0 Å². The van der Waals surface area contributed by atoms with Gasteiger partial charge >= 0.3 is 0 Å². The standard InChI is InChI=1S/C15H14N2/c1-9-6-12-4-5-13-11(3)10(2)8-17-15(13)14(12)16-7-9/h4-8H,1-3H3. The van der Waals surface area contributed by atoms with E-state index in [4.69, 9.17) is 0 Å². The monoisotopic (exact) mass is 222 g/mol. The van der Waals surface area contributed by atoms with Gasteiger partial charge in [0.2, 0.25) is 0 Å². The van der Waals surface area contributed by atoms with Gasteiger partial charge in [-0.25, -0.2) is 0 Å². The van der Waals surface area contributed by atoms with Gasteiger partial charge in [-0.2, -0.15) is 0 Å². The van der Waals surface area contributed by atoms with Crippen molar-refractivity contribution in [2.45, 2.75) is 20.8 Å². The summed E-state index contributed by atoms with van der Waals surface area (Å²) in [6, 6.07) is 6.43. The summed E-state index contributed by atoms with van der Waals surface area (Å²) in [7, 11) is 0. The maximum Gasteiger partial charge on any atom is 0.0967 e. The Labute approximate surface area is 100 Å². The number of aryl methyl sites for hydroxylation is 3. The van der Waals surface area contributed by atoms with Crippen molar-refractivity contribution in [3.63, 3.8) is 0 Å². The summed E-state index contributed by atoms with van der Waals surface area (Å²) in [4.78, 5) is 9.05. The molecule has 2 heteroatoms. The number of rotatable bonds is 0. The van der Waals surface area contributed by atoms with Gasteiger partial charge in [0.15, 0.2) is 0 Å². The van der Waals surface area contributed by atoms with Crippen LogP contribution in [0.5, 0.6) is 0 Å². The highest BCUT2D eigenvalue weighted by molar-refractivity contribution is 6.04. The second-order valence-corrected chi connectivity index (χ2v) is 4.61. The average Bonchev–Trinajstić information content (AvgIpc) is 2.33. The number of aromatic nitrogens is 2. The summed E-state index contributed by atoms with van der Waals surface area (Å²) in [5, 5.41) is 2.36. The molecule has 0 unspecified atom stereocenters. The van der Waals surface area contributed by atoms with Gasteiger partial charge in [-0.15, -0.1) is 0 Å². The van der Waals surface area contributed by atoms with Crippen molar-refractivity contribution in [1.82, 2.24) is 9.97 Å². The third-order valence-electron chi connectivity index (χ3n) is 3.35. The minimum atomic E-state index is 0.996. The van der Waals surface area contributed by atoms with Crippen molar-refractivity contribution in [2.24, 2.45) is 0 Å². The second kappa shape index (κ2) is 3.52. The van der Waals surface area contributed by atoms with Crippen molar-refractivity contribution in [2.75, 3.05) is 0 Å². The Balaban J connectivity index is 2.53.